The van der Waals surface area contributed by atoms with Crippen molar-refractivity contribution >= 4 is 52.0 Å². The normalized spacial score (nSPS) is 15.1. The Labute approximate surface area is 178 Å². The van der Waals surface area contributed by atoms with Crippen LogP contribution in [0.5, 0.6) is 0 Å². The number of carbonyl (C=O) groups is 3. The number of nitrogens with zero attached hydrogens (tertiary/aromatic N) is 1. The van der Waals surface area contributed by atoms with Gasteiger partial charge in [0.1, 0.15) is 12.6 Å². The number of ether oxygens (including phenoxy) is 1. The van der Waals surface area contributed by atoms with Crippen molar-refractivity contribution < 1.29 is 19.1 Å². The maximum atomic E-state index is 12.7. The fraction of sp³-hybridized carbons (Fsp3) is 0.350. The molecule has 0 saturated carbocycles. The summed E-state index contributed by atoms with van der Waals surface area (Å²) in [4.78, 5) is 39.1. The van der Waals surface area contributed by atoms with Crippen molar-refractivity contribution in [1.29, 1.82) is 0 Å². The van der Waals surface area contributed by atoms with Gasteiger partial charge in [0.15, 0.2) is 0 Å². The molecule has 1 aromatic carbocycles. The third-order valence-corrected chi connectivity index (χ3v) is 5.66. The average Bonchev–Trinajstić information content (AvgIpc) is 3.15. The summed E-state index contributed by atoms with van der Waals surface area (Å²) < 4.78 is 5.65. The van der Waals surface area contributed by atoms with E-state index in [1.165, 1.54) is 11.3 Å². The van der Waals surface area contributed by atoms with Crippen LogP contribution in [0.4, 0.5) is 11.4 Å². The molecule has 29 heavy (non-hydrogen) atoms. The zero-order valence-electron chi connectivity index (χ0n) is 15.9. The highest BCUT2D eigenvalue weighted by Gasteiger charge is 2.23. The predicted octanol–water partition coefficient (Wildman–Crippen LogP) is 3.30. The number of hydrogen-bond acceptors (Lipinski definition) is 5. The van der Waals surface area contributed by atoms with Gasteiger partial charge < -0.3 is 20.3 Å². The number of rotatable bonds is 7. The third kappa shape index (κ3) is 5.56. The van der Waals surface area contributed by atoms with Crippen molar-refractivity contribution in [3.63, 3.8) is 0 Å². The first-order valence-corrected chi connectivity index (χ1v) is 10.5. The number of hydrogen-bond donors (Lipinski definition) is 2. The molecule has 1 aromatic heterocycles. The number of amides is 3. The van der Waals surface area contributed by atoms with E-state index >= 15 is 0 Å². The topological polar surface area (TPSA) is 87.7 Å². The van der Waals surface area contributed by atoms with Crippen molar-refractivity contribution in [3.8, 4) is 0 Å². The Balaban J connectivity index is 1.63. The molecular weight excluding hydrogens is 414 g/mol. The minimum atomic E-state index is -0.658. The number of carbonyl (C=O) groups excluding carboxylic acids is 3. The van der Waals surface area contributed by atoms with Gasteiger partial charge in [-0.2, -0.15) is 0 Å². The number of halogens is 1. The fourth-order valence-corrected chi connectivity index (χ4v) is 3.91. The van der Waals surface area contributed by atoms with E-state index in [-0.39, 0.29) is 24.3 Å². The van der Waals surface area contributed by atoms with Gasteiger partial charge in [-0.15, -0.1) is 11.3 Å². The van der Waals surface area contributed by atoms with Gasteiger partial charge in [0.25, 0.3) is 11.8 Å². The third-order valence-electron chi connectivity index (χ3n) is 4.43. The summed E-state index contributed by atoms with van der Waals surface area (Å²) >= 11 is 7.05. The highest BCUT2D eigenvalue weighted by molar-refractivity contribution is 7.18. The van der Waals surface area contributed by atoms with Gasteiger partial charge in [-0.1, -0.05) is 24.9 Å². The molecule has 0 bridgehead atoms. The molecule has 1 fully saturated rings. The molecule has 1 atom stereocenters. The highest BCUT2D eigenvalue weighted by Crippen LogP contribution is 2.22. The Morgan fingerprint density at radius 3 is 2.62 bits per heavy atom. The molecule has 154 valence electrons. The van der Waals surface area contributed by atoms with Crippen LogP contribution in [-0.2, 0) is 14.3 Å². The molecule has 9 heteroatoms. The Morgan fingerprint density at radius 1 is 1.24 bits per heavy atom. The van der Waals surface area contributed by atoms with Crippen LogP contribution in [0.3, 0.4) is 0 Å². The van der Waals surface area contributed by atoms with Crippen molar-refractivity contribution in [2.75, 3.05) is 30.0 Å². The van der Waals surface area contributed by atoms with E-state index in [2.05, 4.69) is 10.6 Å². The van der Waals surface area contributed by atoms with E-state index in [4.69, 9.17) is 16.3 Å². The zero-order valence-corrected chi connectivity index (χ0v) is 17.5. The predicted molar refractivity (Wildman–Crippen MR) is 114 cm³/mol. The fourth-order valence-electron chi connectivity index (χ4n) is 2.97. The standard InChI is InChI=1S/C20H22ClN3O4S/c1-2-3-15(23-20(27)16-8-9-17(21)29-16)19(26)22-13-4-6-14(7-5-13)24-10-11-28-12-18(24)25/h4-9,15H,2-3,10-12H2,1H3,(H,22,26)(H,23,27). The van der Waals surface area contributed by atoms with Gasteiger partial charge in [-0.3, -0.25) is 14.4 Å². The number of nitrogens with one attached hydrogen (secondary N) is 2. The molecule has 0 radical (unpaired) electrons. The molecule has 3 amide bonds. The molecule has 3 rings (SSSR count). The van der Waals surface area contributed by atoms with Crippen LogP contribution in [0.2, 0.25) is 4.34 Å². The van der Waals surface area contributed by atoms with Crippen LogP contribution in [-0.4, -0.2) is 43.5 Å². The van der Waals surface area contributed by atoms with Crippen LogP contribution in [0.25, 0.3) is 0 Å². The van der Waals surface area contributed by atoms with Crippen molar-refractivity contribution in [1.82, 2.24) is 5.32 Å². The Bertz CT molecular complexity index is 884. The SMILES string of the molecule is CCCC(NC(=O)c1ccc(Cl)s1)C(=O)Nc1ccc(N2CCOCC2=O)cc1. The van der Waals surface area contributed by atoms with Crippen molar-refractivity contribution in [2.24, 2.45) is 0 Å². The lowest BCUT2D eigenvalue weighted by atomic mass is 10.1. The minimum absolute atomic E-state index is 0.0757. The lowest BCUT2D eigenvalue weighted by molar-refractivity contribution is -0.125. The molecule has 2 N–H and O–H groups in total. The largest absolute Gasteiger partial charge is 0.370 e. The lowest BCUT2D eigenvalue weighted by Gasteiger charge is -2.27. The molecule has 7 nitrogen and oxygen atoms in total. The molecule has 0 aliphatic carbocycles. The zero-order chi connectivity index (χ0) is 20.8. The van der Waals surface area contributed by atoms with E-state index < -0.39 is 6.04 Å². The summed E-state index contributed by atoms with van der Waals surface area (Å²) in [6.07, 6.45) is 1.25. The smallest absolute Gasteiger partial charge is 0.262 e. The molecule has 1 aliphatic rings. The quantitative estimate of drug-likeness (QED) is 0.698. The van der Waals surface area contributed by atoms with E-state index in [1.54, 1.807) is 41.3 Å². The first kappa shape index (κ1) is 21.3. The van der Waals surface area contributed by atoms with Crippen molar-refractivity contribution in [2.45, 2.75) is 25.8 Å². The molecule has 1 aliphatic heterocycles. The summed E-state index contributed by atoms with van der Waals surface area (Å²) in [5, 5.41) is 5.60. The molecule has 1 saturated heterocycles. The first-order chi connectivity index (χ1) is 14.0. The van der Waals surface area contributed by atoms with Gasteiger partial charge in [0.2, 0.25) is 5.91 Å². The number of thiophene rings is 1. The van der Waals surface area contributed by atoms with E-state index in [9.17, 15) is 14.4 Å². The molecule has 1 unspecified atom stereocenters. The Kier molecular flexibility index (Phi) is 7.24. The van der Waals surface area contributed by atoms with Crippen LogP contribution in [0, 0.1) is 0 Å². The number of benzene rings is 1. The lowest BCUT2D eigenvalue weighted by Crippen LogP contribution is -2.43. The summed E-state index contributed by atoms with van der Waals surface area (Å²) in [6.45, 7) is 3.02. The van der Waals surface area contributed by atoms with Gasteiger partial charge in [0, 0.05) is 17.9 Å². The second-order valence-corrected chi connectivity index (χ2v) is 8.27. The summed E-state index contributed by atoms with van der Waals surface area (Å²) in [6, 6.07) is 9.65. The summed E-state index contributed by atoms with van der Waals surface area (Å²) in [7, 11) is 0. The minimum Gasteiger partial charge on any atom is -0.370 e. The van der Waals surface area contributed by atoms with Gasteiger partial charge in [-0.25, -0.2) is 0 Å². The maximum absolute atomic E-state index is 12.7. The molecule has 0 spiro atoms. The molecular formula is C20H22ClN3O4S. The van der Waals surface area contributed by atoms with E-state index in [0.29, 0.717) is 34.5 Å². The first-order valence-electron chi connectivity index (χ1n) is 9.33. The summed E-state index contributed by atoms with van der Waals surface area (Å²) in [5.74, 6) is -0.706. The van der Waals surface area contributed by atoms with Gasteiger partial charge >= 0.3 is 0 Å². The second kappa shape index (κ2) is 9.87. The van der Waals surface area contributed by atoms with E-state index in [0.717, 1.165) is 12.1 Å². The Morgan fingerprint density at radius 2 is 2.00 bits per heavy atom. The second-order valence-electron chi connectivity index (χ2n) is 6.55. The van der Waals surface area contributed by atoms with Gasteiger partial charge in [0.05, 0.1) is 15.8 Å². The van der Waals surface area contributed by atoms with Crippen LogP contribution in [0.15, 0.2) is 36.4 Å². The number of morpholine rings is 1. The van der Waals surface area contributed by atoms with Crippen molar-refractivity contribution in [3.05, 3.63) is 45.6 Å². The number of anilines is 2. The van der Waals surface area contributed by atoms with Crippen LogP contribution >= 0.6 is 22.9 Å². The molecule has 2 heterocycles. The molecule has 2 aromatic rings. The monoisotopic (exact) mass is 435 g/mol. The highest BCUT2D eigenvalue weighted by atomic mass is 35.5. The Hall–Kier alpha value is -2.42. The van der Waals surface area contributed by atoms with E-state index in [1.807, 2.05) is 6.92 Å². The summed E-state index contributed by atoms with van der Waals surface area (Å²) in [5.41, 5.74) is 1.35. The van der Waals surface area contributed by atoms with Crippen LogP contribution < -0.4 is 15.5 Å². The maximum Gasteiger partial charge on any atom is 0.262 e. The van der Waals surface area contributed by atoms with Gasteiger partial charge in [-0.05, 0) is 42.8 Å². The van der Waals surface area contributed by atoms with Crippen LogP contribution in [0.1, 0.15) is 29.4 Å². The average molecular weight is 436 g/mol.